The van der Waals surface area contributed by atoms with E-state index in [2.05, 4.69) is 20.9 Å². The van der Waals surface area contributed by atoms with Crippen LogP contribution in [0.1, 0.15) is 29.8 Å². The number of hydrogen-bond acceptors (Lipinski definition) is 7. The lowest BCUT2D eigenvalue weighted by Gasteiger charge is -2.26. The number of carbonyl (C=O) groups excluding carboxylic acids is 3. The fraction of sp³-hybridized carbons (Fsp3) is 0.179. The van der Waals surface area contributed by atoms with Gasteiger partial charge >= 0.3 is 11.8 Å². The van der Waals surface area contributed by atoms with E-state index in [1.165, 1.54) is 25.9 Å². The van der Waals surface area contributed by atoms with E-state index < -0.39 is 17.4 Å². The van der Waals surface area contributed by atoms with Gasteiger partial charge in [-0.25, -0.2) is 4.98 Å². The zero-order valence-electron chi connectivity index (χ0n) is 21.6. The molecule has 11 heteroatoms. The van der Waals surface area contributed by atoms with Crippen molar-refractivity contribution < 1.29 is 33.5 Å². The highest BCUT2D eigenvalue weighted by Crippen LogP contribution is 2.32. The predicted octanol–water partition coefficient (Wildman–Crippen LogP) is 3.20. The summed E-state index contributed by atoms with van der Waals surface area (Å²) in [4.78, 5) is 41.5. The van der Waals surface area contributed by atoms with Gasteiger partial charge in [-0.3, -0.25) is 19.6 Å². The number of oxazole rings is 1. The van der Waals surface area contributed by atoms with E-state index in [1.54, 1.807) is 48.7 Å². The Morgan fingerprint density at radius 2 is 1.77 bits per heavy atom. The van der Waals surface area contributed by atoms with Crippen molar-refractivity contribution in [3.63, 3.8) is 0 Å². The molecule has 0 aliphatic rings. The Morgan fingerprint density at radius 3 is 2.44 bits per heavy atom. The summed E-state index contributed by atoms with van der Waals surface area (Å²) < 4.78 is 11.5. The van der Waals surface area contributed by atoms with Crippen LogP contribution in [0.15, 0.2) is 84.0 Å². The van der Waals surface area contributed by atoms with Crippen LogP contribution in [0.4, 0.5) is 11.4 Å². The Hall–Kier alpha value is -5.19. The number of anilines is 2. The second-order valence-corrected chi connectivity index (χ2v) is 9.37. The van der Waals surface area contributed by atoms with E-state index in [9.17, 15) is 19.6 Å². The summed E-state index contributed by atoms with van der Waals surface area (Å²) in [6.45, 7) is 3.62. The van der Waals surface area contributed by atoms with Gasteiger partial charge < -0.3 is 25.1 Å². The second-order valence-electron chi connectivity index (χ2n) is 9.37. The van der Waals surface area contributed by atoms with Crippen LogP contribution in [0.3, 0.4) is 0 Å². The van der Waals surface area contributed by atoms with Crippen LogP contribution < -0.4 is 25.4 Å². The van der Waals surface area contributed by atoms with Gasteiger partial charge in [0, 0.05) is 33.8 Å². The molecule has 0 spiro atoms. The molecule has 2 aromatic heterocycles. The summed E-state index contributed by atoms with van der Waals surface area (Å²) in [6.07, 6.45) is 6.00. The number of nitrogens with zero attached hydrogens (tertiary/aromatic N) is 2. The summed E-state index contributed by atoms with van der Waals surface area (Å²) >= 11 is 0. The molecule has 0 radical (unpaired) electrons. The average molecular weight is 531 g/mol. The minimum atomic E-state index is -0.819. The van der Waals surface area contributed by atoms with Gasteiger partial charge in [-0.15, -0.1) is 0 Å². The van der Waals surface area contributed by atoms with Crippen molar-refractivity contribution >= 4 is 29.1 Å². The Balaban J connectivity index is 1.33. The van der Waals surface area contributed by atoms with E-state index in [-0.39, 0.29) is 5.91 Å². The van der Waals surface area contributed by atoms with Crippen LogP contribution >= 0.6 is 0 Å². The van der Waals surface area contributed by atoms with Crippen LogP contribution in [-0.4, -0.2) is 40.6 Å². The van der Waals surface area contributed by atoms with Gasteiger partial charge in [0.1, 0.15) is 11.3 Å². The molecule has 0 fully saturated rings. The third-order valence-corrected chi connectivity index (χ3v) is 5.72. The highest BCUT2D eigenvalue weighted by Gasteiger charge is 2.25. The Kier molecular flexibility index (Phi) is 7.90. The third kappa shape index (κ3) is 6.98. The zero-order valence-corrected chi connectivity index (χ0v) is 21.6. The van der Waals surface area contributed by atoms with Crippen molar-refractivity contribution in [2.24, 2.45) is 0 Å². The Labute approximate surface area is 224 Å². The van der Waals surface area contributed by atoms with Gasteiger partial charge in [0.2, 0.25) is 12.4 Å². The van der Waals surface area contributed by atoms with Crippen molar-refractivity contribution in [2.75, 3.05) is 17.7 Å². The van der Waals surface area contributed by atoms with Crippen LogP contribution in [0, 0.1) is 0 Å². The topological polar surface area (TPSA) is 147 Å². The van der Waals surface area contributed by atoms with Gasteiger partial charge in [0.05, 0.1) is 18.9 Å². The number of ether oxygens (including phenoxy) is 1. The maximum atomic E-state index is 12.7. The average Bonchev–Trinajstić information content (AvgIpc) is 3.44. The number of hydrogen-bond donors (Lipinski definition) is 4. The van der Waals surface area contributed by atoms with E-state index in [0.717, 1.165) is 10.3 Å². The number of rotatable bonds is 8. The first kappa shape index (κ1) is 26.9. The van der Waals surface area contributed by atoms with Crippen molar-refractivity contribution in [2.45, 2.75) is 25.8 Å². The van der Waals surface area contributed by atoms with Crippen LogP contribution in [0.5, 0.6) is 5.75 Å². The SMILES string of the molecule is COc1cc(NC(=O)C(=O)NC(C)(C)Cc2ccc(NC(=O)c3ccc[n+](O)c3)cc2)ccc1-c1cnco1. The second kappa shape index (κ2) is 11.5. The number of carbonyl (C=O) groups is 3. The van der Waals surface area contributed by atoms with Crippen molar-refractivity contribution in [3.8, 4) is 17.1 Å². The molecule has 0 unspecified atom stereocenters. The first-order valence-electron chi connectivity index (χ1n) is 11.9. The van der Waals surface area contributed by atoms with Gasteiger partial charge in [0.25, 0.3) is 5.91 Å². The summed E-state index contributed by atoms with van der Waals surface area (Å²) in [5, 5.41) is 17.6. The molecule has 2 aromatic carbocycles. The highest BCUT2D eigenvalue weighted by atomic mass is 16.5. The molecule has 200 valence electrons. The van der Waals surface area contributed by atoms with Crippen LogP contribution in [0.2, 0.25) is 0 Å². The minimum absolute atomic E-state index is 0.301. The first-order valence-corrected chi connectivity index (χ1v) is 11.9. The molecule has 4 N–H and O–H groups in total. The highest BCUT2D eigenvalue weighted by molar-refractivity contribution is 6.39. The lowest BCUT2D eigenvalue weighted by atomic mass is 9.94. The number of amides is 3. The first-order chi connectivity index (χ1) is 18.6. The van der Waals surface area contributed by atoms with E-state index in [1.807, 2.05) is 26.0 Å². The van der Waals surface area contributed by atoms with Crippen molar-refractivity contribution in [3.05, 3.63) is 90.7 Å². The standard InChI is InChI=1S/C28H27N5O6/c1-28(2,14-18-6-8-20(9-7-18)30-25(34)19-5-4-12-33(37)16-19)32-27(36)26(35)31-21-10-11-22(23(13-21)38-3)24-15-29-17-39-24/h4-13,15-17H,14H2,1-3H3,(H3-,30,31,32,34,35,36,37)/p+1. The molecule has 11 nitrogen and oxygen atoms in total. The number of nitrogens with one attached hydrogen (secondary N) is 3. The fourth-order valence-electron chi connectivity index (χ4n) is 3.93. The molecule has 0 aliphatic carbocycles. The Bertz CT molecular complexity index is 1480. The maximum Gasteiger partial charge on any atom is 0.313 e. The molecule has 3 amide bonds. The molecule has 4 aromatic rings. The zero-order chi connectivity index (χ0) is 28.0. The van der Waals surface area contributed by atoms with E-state index in [0.29, 0.717) is 40.4 Å². The summed E-state index contributed by atoms with van der Waals surface area (Å²) in [5.41, 5.74) is 2.06. The molecule has 0 bridgehead atoms. The molecule has 0 saturated heterocycles. The number of methoxy groups -OCH3 is 1. The minimum Gasteiger partial charge on any atom is -0.496 e. The summed E-state index contributed by atoms with van der Waals surface area (Å²) in [6, 6.07) is 15.2. The molecular weight excluding hydrogens is 502 g/mol. The van der Waals surface area contributed by atoms with Gasteiger partial charge in [-0.1, -0.05) is 12.1 Å². The van der Waals surface area contributed by atoms with Crippen molar-refractivity contribution in [1.82, 2.24) is 10.3 Å². The smallest absolute Gasteiger partial charge is 0.313 e. The molecule has 4 rings (SSSR count). The number of benzene rings is 2. The largest absolute Gasteiger partial charge is 0.496 e. The quantitative estimate of drug-likeness (QED) is 0.155. The lowest BCUT2D eigenvalue weighted by Crippen LogP contribution is -2.49. The lowest BCUT2D eigenvalue weighted by molar-refractivity contribution is -0.904. The van der Waals surface area contributed by atoms with E-state index >= 15 is 0 Å². The molecule has 0 atom stereocenters. The molecular formula is C28H28N5O6+. The monoisotopic (exact) mass is 530 g/mol. The van der Waals surface area contributed by atoms with Gasteiger partial charge in [-0.2, -0.15) is 0 Å². The normalized spacial score (nSPS) is 10.9. The number of pyridine rings is 1. The van der Waals surface area contributed by atoms with E-state index in [4.69, 9.17) is 9.15 Å². The fourth-order valence-corrected chi connectivity index (χ4v) is 3.93. The van der Waals surface area contributed by atoms with Crippen LogP contribution in [0.25, 0.3) is 11.3 Å². The van der Waals surface area contributed by atoms with Crippen molar-refractivity contribution in [1.29, 1.82) is 0 Å². The van der Waals surface area contributed by atoms with Gasteiger partial charge in [-0.05, 0) is 56.2 Å². The molecule has 39 heavy (non-hydrogen) atoms. The summed E-state index contributed by atoms with van der Waals surface area (Å²) in [7, 11) is 1.49. The maximum absolute atomic E-state index is 12.7. The summed E-state index contributed by atoms with van der Waals surface area (Å²) in [5.74, 6) is -1.01. The Morgan fingerprint density at radius 1 is 1.03 bits per heavy atom. The molecule has 0 aliphatic heterocycles. The molecule has 0 saturated carbocycles. The van der Waals surface area contributed by atoms with Crippen LogP contribution in [-0.2, 0) is 16.0 Å². The predicted molar refractivity (Wildman–Crippen MR) is 141 cm³/mol. The molecule has 2 heterocycles. The third-order valence-electron chi connectivity index (χ3n) is 5.72. The van der Waals surface area contributed by atoms with Gasteiger partial charge in [0.15, 0.2) is 12.2 Å². The number of aromatic nitrogens is 2.